The average Bonchev–Trinajstić information content (AvgIpc) is 3.15. The molecule has 0 aromatic carbocycles. The molecule has 0 saturated carbocycles. The van der Waals surface area contributed by atoms with Gasteiger partial charge in [0.15, 0.2) is 17.9 Å². The number of hydrogen-bond acceptors (Lipinski definition) is 12. The van der Waals surface area contributed by atoms with Crippen LogP contribution in [0.2, 0.25) is 0 Å². The van der Waals surface area contributed by atoms with Crippen LogP contribution in [0.4, 0.5) is 0 Å². The smallest absolute Gasteiger partial charge is 0.326 e. The van der Waals surface area contributed by atoms with Gasteiger partial charge >= 0.3 is 5.97 Å². The third kappa shape index (κ3) is 25.8. The summed E-state index contributed by atoms with van der Waals surface area (Å²) in [7, 11) is 0. The maximum atomic E-state index is 13.9. The van der Waals surface area contributed by atoms with Gasteiger partial charge in [-0.25, -0.2) is 4.79 Å². The van der Waals surface area contributed by atoms with Gasteiger partial charge < -0.3 is 77.6 Å². The van der Waals surface area contributed by atoms with Crippen molar-refractivity contribution in [1.82, 2.24) is 26.6 Å². The Hall–Kier alpha value is -5.10. The second-order valence-corrected chi connectivity index (χ2v) is 15.3. The standard InChI is InChI=1S/C35H70N16O7S/c1-20(2)19-26(31(56)50-25(32(57)58)12-8-17-46-35(42)43)51-29(54)23(11-7-16-45-34(40)41)48-30(55)24(13-18-59-3)49-28(53)22(10-4-5-14-36)47-27(52)21(37)9-6-15-44-33(38)39/h20-26H,4-19,36-37H2,1-3H3,(H,47,52)(H,48,55)(H,49,53)(H,50,56)(H,51,54)(H,57,58)(H4,38,39,44)(H4,40,41,45)(H4,42,43,46). The number of carbonyl (C=O) groups excluding carboxylic acids is 5. The molecule has 0 bridgehead atoms. The van der Waals surface area contributed by atoms with Crippen molar-refractivity contribution in [2.24, 2.45) is 66.8 Å². The first-order chi connectivity index (χ1) is 27.8. The average molecular weight is 859 g/mol. The molecule has 0 aliphatic carbocycles. The van der Waals surface area contributed by atoms with Crippen molar-refractivity contribution in [3.8, 4) is 0 Å². The zero-order valence-electron chi connectivity index (χ0n) is 34.6. The molecule has 0 fully saturated rings. The number of carboxylic acids is 1. The van der Waals surface area contributed by atoms with Gasteiger partial charge in [0.25, 0.3) is 0 Å². The molecule has 22 N–H and O–H groups in total. The lowest BCUT2D eigenvalue weighted by molar-refractivity contribution is -0.142. The van der Waals surface area contributed by atoms with Gasteiger partial charge in [0, 0.05) is 19.6 Å². The van der Waals surface area contributed by atoms with E-state index in [1.54, 1.807) is 0 Å². The molecular weight excluding hydrogens is 789 g/mol. The number of carboxylic acid groups (broad SMARTS) is 1. The van der Waals surface area contributed by atoms with E-state index in [0.717, 1.165) is 0 Å². The SMILES string of the molecule is CSCCC(NC(=O)C(CCCCN)NC(=O)C(N)CCCN=C(N)N)C(=O)NC(CCCN=C(N)N)C(=O)NC(CC(C)C)C(=O)NC(CCCN=C(N)N)C(=O)O. The van der Waals surface area contributed by atoms with E-state index in [9.17, 15) is 33.9 Å². The first-order valence-corrected chi connectivity index (χ1v) is 21.1. The normalized spacial score (nSPS) is 13.9. The molecule has 338 valence electrons. The second kappa shape index (κ2) is 30.9. The van der Waals surface area contributed by atoms with Crippen molar-refractivity contribution >= 4 is 65.1 Å². The van der Waals surface area contributed by atoms with Crippen molar-refractivity contribution in [2.75, 3.05) is 38.2 Å². The van der Waals surface area contributed by atoms with Crippen LogP contribution in [0.15, 0.2) is 15.0 Å². The molecule has 0 aromatic heterocycles. The highest BCUT2D eigenvalue weighted by molar-refractivity contribution is 7.98. The molecule has 6 unspecified atom stereocenters. The summed E-state index contributed by atoms with van der Waals surface area (Å²) in [5, 5.41) is 23.1. The van der Waals surface area contributed by atoms with Crippen LogP contribution >= 0.6 is 11.8 Å². The summed E-state index contributed by atoms with van der Waals surface area (Å²) in [6.45, 7) is 4.53. The summed E-state index contributed by atoms with van der Waals surface area (Å²) in [5.74, 6) is -4.77. The van der Waals surface area contributed by atoms with E-state index in [4.69, 9.17) is 45.9 Å². The topological polar surface area (TPSA) is 428 Å². The number of aliphatic carboxylic acids is 1. The number of unbranched alkanes of at least 4 members (excludes halogenated alkanes) is 1. The summed E-state index contributed by atoms with van der Waals surface area (Å²) in [4.78, 5) is 91.7. The molecule has 23 nitrogen and oxygen atoms in total. The van der Waals surface area contributed by atoms with Gasteiger partial charge in [-0.3, -0.25) is 38.9 Å². The Morgan fingerprint density at radius 1 is 0.542 bits per heavy atom. The molecule has 0 rings (SSSR count). The van der Waals surface area contributed by atoms with Crippen LogP contribution in [-0.4, -0.2) is 133 Å². The number of nitrogens with two attached hydrogens (primary N) is 8. The predicted octanol–water partition coefficient (Wildman–Crippen LogP) is -4.09. The first kappa shape index (κ1) is 53.9. The molecular formula is C35H70N16O7S. The number of carbonyl (C=O) groups is 6. The van der Waals surface area contributed by atoms with Crippen molar-refractivity contribution in [3.63, 3.8) is 0 Å². The van der Waals surface area contributed by atoms with Crippen LogP contribution in [0, 0.1) is 5.92 Å². The minimum Gasteiger partial charge on any atom is -0.480 e. The zero-order chi connectivity index (χ0) is 44.9. The fourth-order valence-corrected chi connectivity index (χ4v) is 5.99. The van der Waals surface area contributed by atoms with E-state index in [2.05, 4.69) is 41.6 Å². The molecule has 0 heterocycles. The summed E-state index contributed by atoms with van der Waals surface area (Å²) in [6.07, 6.45) is 4.57. The van der Waals surface area contributed by atoms with Crippen LogP contribution < -0.4 is 72.5 Å². The van der Waals surface area contributed by atoms with Crippen molar-refractivity contribution in [3.05, 3.63) is 0 Å². The number of thioether (sulfide) groups is 1. The number of nitrogens with one attached hydrogen (secondary N) is 5. The highest BCUT2D eigenvalue weighted by Gasteiger charge is 2.33. The fraction of sp³-hybridized carbons (Fsp3) is 0.743. The van der Waals surface area contributed by atoms with Crippen molar-refractivity contribution in [1.29, 1.82) is 0 Å². The Balaban J connectivity index is 6.30. The molecule has 0 aliphatic rings. The number of rotatable bonds is 32. The molecule has 6 atom stereocenters. The third-order valence-electron chi connectivity index (χ3n) is 8.61. The van der Waals surface area contributed by atoms with Gasteiger partial charge in [-0.15, -0.1) is 0 Å². The third-order valence-corrected chi connectivity index (χ3v) is 9.25. The van der Waals surface area contributed by atoms with Gasteiger partial charge in [0.05, 0.1) is 6.04 Å². The van der Waals surface area contributed by atoms with E-state index in [1.165, 1.54) is 11.8 Å². The van der Waals surface area contributed by atoms with Gasteiger partial charge in [-0.05, 0) is 95.1 Å². The molecule has 0 saturated heterocycles. The lowest BCUT2D eigenvalue weighted by atomic mass is 10.0. The summed E-state index contributed by atoms with van der Waals surface area (Å²) in [5.41, 5.74) is 44.1. The predicted molar refractivity (Wildman–Crippen MR) is 230 cm³/mol. The van der Waals surface area contributed by atoms with E-state index in [-0.39, 0.29) is 94.8 Å². The fourth-order valence-electron chi connectivity index (χ4n) is 5.52. The Bertz CT molecular complexity index is 1410. The first-order valence-electron chi connectivity index (χ1n) is 19.7. The number of aliphatic imine (C=N–C) groups is 3. The molecule has 5 amide bonds. The Morgan fingerprint density at radius 3 is 1.34 bits per heavy atom. The number of hydrogen-bond donors (Lipinski definition) is 14. The van der Waals surface area contributed by atoms with E-state index in [1.807, 2.05) is 20.1 Å². The van der Waals surface area contributed by atoms with Crippen LogP contribution in [-0.2, 0) is 28.8 Å². The van der Waals surface area contributed by atoms with Gasteiger partial charge in [-0.1, -0.05) is 13.8 Å². The molecule has 0 radical (unpaired) electrons. The van der Waals surface area contributed by atoms with Crippen LogP contribution in [0.1, 0.15) is 84.5 Å². The van der Waals surface area contributed by atoms with Gasteiger partial charge in [0.2, 0.25) is 29.5 Å². The minimum atomic E-state index is -1.30. The van der Waals surface area contributed by atoms with Crippen LogP contribution in [0.25, 0.3) is 0 Å². The van der Waals surface area contributed by atoms with E-state index in [0.29, 0.717) is 31.6 Å². The maximum absolute atomic E-state index is 13.9. The Labute approximate surface area is 350 Å². The molecule has 0 aliphatic heterocycles. The van der Waals surface area contributed by atoms with E-state index >= 15 is 0 Å². The highest BCUT2D eigenvalue weighted by Crippen LogP contribution is 2.11. The van der Waals surface area contributed by atoms with Crippen LogP contribution in [0.3, 0.4) is 0 Å². The van der Waals surface area contributed by atoms with Crippen molar-refractivity contribution in [2.45, 2.75) is 121 Å². The molecule has 0 aromatic rings. The summed E-state index contributed by atoms with van der Waals surface area (Å²) in [6, 6.07) is -6.88. The van der Waals surface area contributed by atoms with Crippen LogP contribution in [0.5, 0.6) is 0 Å². The van der Waals surface area contributed by atoms with Gasteiger partial charge in [-0.2, -0.15) is 11.8 Å². The summed E-state index contributed by atoms with van der Waals surface area (Å²) < 4.78 is 0. The zero-order valence-corrected chi connectivity index (χ0v) is 35.4. The Morgan fingerprint density at radius 2 is 0.915 bits per heavy atom. The quantitative estimate of drug-likeness (QED) is 0.0174. The number of nitrogens with zero attached hydrogens (tertiary/aromatic N) is 3. The molecule has 59 heavy (non-hydrogen) atoms. The summed E-state index contributed by atoms with van der Waals surface area (Å²) >= 11 is 1.42. The lowest BCUT2D eigenvalue weighted by Crippen LogP contribution is -2.59. The lowest BCUT2D eigenvalue weighted by Gasteiger charge is -2.27. The highest BCUT2D eigenvalue weighted by atomic mass is 32.2. The van der Waals surface area contributed by atoms with Crippen molar-refractivity contribution < 1.29 is 33.9 Å². The largest absolute Gasteiger partial charge is 0.480 e. The monoisotopic (exact) mass is 859 g/mol. The number of guanidine groups is 3. The number of amides is 5. The van der Waals surface area contributed by atoms with Gasteiger partial charge in [0.1, 0.15) is 30.2 Å². The molecule has 0 spiro atoms. The Kier molecular flexibility index (Phi) is 28.2. The maximum Gasteiger partial charge on any atom is 0.326 e. The van der Waals surface area contributed by atoms with E-state index < -0.39 is 71.8 Å². The molecule has 24 heteroatoms. The minimum absolute atomic E-state index is 0.0118. The second-order valence-electron chi connectivity index (χ2n) is 14.3.